The molecule has 2 fully saturated rings. The van der Waals surface area contributed by atoms with E-state index in [1.54, 1.807) is 6.07 Å². The van der Waals surface area contributed by atoms with Crippen molar-refractivity contribution in [1.29, 1.82) is 0 Å². The van der Waals surface area contributed by atoms with E-state index in [1.807, 2.05) is 4.57 Å². The summed E-state index contributed by atoms with van der Waals surface area (Å²) in [5.74, 6) is 0.526. The summed E-state index contributed by atoms with van der Waals surface area (Å²) in [4.78, 5) is 29.4. The number of amides is 2. The van der Waals surface area contributed by atoms with Gasteiger partial charge in [-0.1, -0.05) is 6.07 Å². The second-order valence-electron chi connectivity index (χ2n) is 9.00. The van der Waals surface area contributed by atoms with Crippen LogP contribution in [0.2, 0.25) is 0 Å². The molecule has 0 radical (unpaired) electrons. The lowest BCUT2D eigenvalue weighted by atomic mass is 10.1. The molecule has 2 amide bonds. The second kappa shape index (κ2) is 8.48. The van der Waals surface area contributed by atoms with Crippen molar-refractivity contribution < 1.29 is 27.5 Å². The fraction of sp³-hybridized carbons (Fsp3) is 0.522. The minimum Gasteiger partial charge on any atom is -0.373 e. The molecule has 3 heterocycles. The highest BCUT2D eigenvalue weighted by Crippen LogP contribution is 2.44. The van der Waals surface area contributed by atoms with Gasteiger partial charge >= 0.3 is 6.18 Å². The standard InChI is InChI=1S/C23H25F3N4O3/c24-23(25,26)19-6-1-13(10-27-19)11-28-21(31)16-9-17(30-7-8-33-12-18(16)30)22(32)29-20(14-2-3-14)15-4-5-15/h1,6,9-10,14-15,20H,2-5,7-8,11-12H2,(H,28,31)(H,29,32). The van der Waals surface area contributed by atoms with Crippen LogP contribution in [-0.2, 0) is 30.6 Å². The van der Waals surface area contributed by atoms with Crippen LogP contribution < -0.4 is 10.6 Å². The number of aromatic nitrogens is 2. The molecule has 2 saturated carbocycles. The molecule has 33 heavy (non-hydrogen) atoms. The Morgan fingerprint density at radius 2 is 1.88 bits per heavy atom. The van der Waals surface area contributed by atoms with Crippen molar-refractivity contribution in [1.82, 2.24) is 20.2 Å². The summed E-state index contributed by atoms with van der Waals surface area (Å²) in [5, 5.41) is 5.91. The first-order valence-electron chi connectivity index (χ1n) is 11.2. The summed E-state index contributed by atoms with van der Waals surface area (Å²) in [6.45, 7) is 1.16. The molecule has 0 atom stereocenters. The van der Waals surface area contributed by atoms with Gasteiger partial charge in [0.05, 0.1) is 24.5 Å². The molecule has 2 aromatic heterocycles. The van der Waals surface area contributed by atoms with Crippen molar-refractivity contribution >= 4 is 11.8 Å². The van der Waals surface area contributed by atoms with Gasteiger partial charge < -0.3 is 19.9 Å². The van der Waals surface area contributed by atoms with Crippen LogP contribution in [0.3, 0.4) is 0 Å². The molecule has 0 saturated heterocycles. The highest BCUT2D eigenvalue weighted by atomic mass is 19.4. The number of rotatable bonds is 7. The van der Waals surface area contributed by atoms with Gasteiger partial charge in [0.1, 0.15) is 11.4 Å². The molecule has 0 bridgehead atoms. The maximum atomic E-state index is 13.1. The summed E-state index contributed by atoms with van der Waals surface area (Å²) < 4.78 is 45.4. The zero-order valence-electron chi connectivity index (χ0n) is 18.0. The average molecular weight is 462 g/mol. The zero-order chi connectivity index (χ0) is 23.2. The first-order valence-corrected chi connectivity index (χ1v) is 11.2. The third-order valence-corrected chi connectivity index (χ3v) is 6.51. The van der Waals surface area contributed by atoms with Crippen LogP contribution in [-0.4, -0.2) is 34.0 Å². The highest BCUT2D eigenvalue weighted by molar-refractivity contribution is 6.00. The molecule has 1 aliphatic heterocycles. The minimum absolute atomic E-state index is 0.0163. The lowest BCUT2D eigenvalue weighted by Crippen LogP contribution is -2.39. The topological polar surface area (TPSA) is 85.3 Å². The molecule has 7 nitrogen and oxygen atoms in total. The number of pyridine rings is 1. The zero-order valence-corrected chi connectivity index (χ0v) is 18.0. The van der Waals surface area contributed by atoms with Crippen LogP contribution in [0, 0.1) is 11.8 Å². The Hall–Kier alpha value is -2.88. The molecule has 0 spiro atoms. The third-order valence-electron chi connectivity index (χ3n) is 6.51. The van der Waals surface area contributed by atoms with Gasteiger partial charge in [0, 0.05) is 25.3 Å². The van der Waals surface area contributed by atoms with E-state index in [9.17, 15) is 22.8 Å². The Balaban J connectivity index is 1.30. The van der Waals surface area contributed by atoms with Gasteiger partial charge in [-0.15, -0.1) is 0 Å². The lowest BCUT2D eigenvalue weighted by molar-refractivity contribution is -0.141. The number of ether oxygens (including phenoxy) is 1. The summed E-state index contributed by atoms with van der Waals surface area (Å²) in [7, 11) is 0. The Morgan fingerprint density at radius 1 is 1.15 bits per heavy atom. The maximum absolute atomic E-state index is 13.1. The normalized spacial score (nSPS) is 18.2. The molecule has 2 aromatic rings. The molecule has 0 aromatic carbocycles. The van der Waals surface area contributed by atoms with E-state index in [2.05, 4.69) is 15.6 Å². The monoisotopic (exact) mass is 462 g/mol. The van der Waals surface area contributed by atoms with Crippen LogP contribution >= 0.6 is 0 Å². The number of hydrogen-bond acceptors (Lipinski definition) is 4. The van der Waals surface area contributed by atoms with Gasteiger partial charge in [-0.3, -0.25) is 14.6 Å². The highest BCUT2D eigenvalue weighted by Gasteiger charge is 2.42. The van der Waals surface area contributed by atoms with Gasteiger partial charge in [-0.2, -0.15) is 13.2 Å². The number of alkyl halides is 3. The largest absolute Gasteiger partial charge is 0.433 e. The molecule has 2 aliphatic carbocycles. The van der Waals surface area contributed by atoms with Crippen molar-refractivity contribution in [3.8, 4) is 0 Å². The molecule has 5 rings (SSSR count). The van der Waals surface area contributed by atoms with Crippen LogP contribution in [0.5, 0.6) is 0 Å². The van der Waals surface area contributed by atoms with E-state index in [0.29, 0.717) is 47.5 Å². The average Bonchev–Trinajstić information content (AvgIpc) is 3.72. The summed E-state index contributed by atoms with van der Waals surface area (Å²) in [5.41, 5.74) is 0.872. The first kappa shape index (κ1) is 21.9. The van der Waals surface area contributed by atoms with Crippen molar-refractivity contribution in [3.05, 3.63) is 52.6 Å². The number of carbonyl (C=O) groups is 2. The molecular formula is C23H25F3N4O3. The second-order valence-corrected chi connectivity index (χ2v) is 9.00. The van der Waals surface area contributed by atoms with Crippen LogP contribution in [0.25, 0.3) is 0 Å². The van der Waals surface area contributed by atoms with E-state index in [1.165, 1.54) is 6.07 Å². The minimum atomic E-state index is -4.51. The van der Waals surface area contributed by atoms with Gasteiger partial charge in [-0.25, -0.2) is 0 Å². The van der Waals surface area contributed by atoms with E-state index in [0.717, 1.165) is 37.9 Å². The number of carbonyl (C=O) groups excluding carboxylic acids is 2. The van der Waals surface area contributed by atoms with Gasteiger partial charge in [0.15, 0.2) is 0 Å². The van der Waals surface area contributed by atoms with Gasteiger partial charge in [0.2, 0.25) is 0 Å². The van der Waals surface area contributed by atoms with Gasteiger partial charge in [0.25, 0.3) is 11.8 Å². The maximum Gasteiger partial charge on any atom is 0.433 e. The summed E-state index contributed by atoms with van der Waals surface area (Å²) in [6, 6.07) is 3.96. The Morgan fingerprint density at radius 3 is 2.48 bits per heavy atom. The molecule has 176 valence electrons. The number of nitrogens with one attached hydrogen (secondary N) is 2. The Labute approximate surface area is 188 Å². The van der Waals surface area contributed by atoms with Crippen molar-refractivity contribution in [3.63, 3.8) is 0 Å². The molecule has 0 unspecified atom stereocenters. The Bertz CT molecular complexity index is 1040. The molecule has 2 N–H and O–H groups in total. The fourth-order valence-electron chi connectivity index (χ4n) is 4.44. The number of hydrogen-bond donors (Lipinski definition) is 2. The summed E-state index contributed by atoms with van der Waals surface area (Å²) in [6.07, 6.45) is 1.17. The predicted molar refractivity (Wildman–Crippen MR) is 111 cm³/mol. The Kier molecular flexibility index (Phi) is 5.64. The van der Waals surface area contributed by atoms with Crippen molar-refractivity contribution in [2.75, 3.05) is 6.61 Å². The number of halogens is 3. The number of fused-ring (bicyclic) bond motifs is 1. The fourth-order valence-corrected chi connectivity index (χ4v) is 4.44. The van der Waals surface area contributed by atoms with E-state index in [-0.39, 0.29) is 25.1 Å². The van der Waals surface area contributed by atoms with E-state index < -0.39 is 17.8 Å². The lowest BCUT2D eigenvalue weighted by Gasteiger charge is -2.21. The number of nitrogens with zero attached hydrogens (tertiary/aromatic N) is 2. The predicted octanol–water partition coefficient (Wildman–Crippen LogP) is 3.28. The summed E-state index contributed by atoms with van der Waals surface area (Å²) >= 11 is 0. The van der Waals surface area contributed by atoms with E-state index in [4.69, 9.17) is 4.74 Å². The van der Waals surface area contributed by atoms with Gasteiger partial charge in [-0.05, 0) is 55.2 Å². The SMILES string of the molecule is O=C(NCc1ccc(C(F)(F)F)nc1)c1cc(C(=O)NC(C2CC2)C2CC2)n2c1COCC2. The van der Waals surface area contributed by atoms with E-state index >= 15 is 0 Å². The van der Waals surface area contributed by atoms with Crippen molar-refractivity contribution in [2.45, 2.75) is 57.6 Å². The van der Waals surface area contributed by atoms with Crippen LogP contribution in [0.4, 0.5) is 13.2 Å². The molecule has 10 heteroatoms. The van der Waals surface area contributed by atoms with Crippen LogP contribution in [0.15, 0.2) is 24.4 Å². The quantitative estimate of drug-likeness (QED) is 0.662. The molecular weight excluding hydrogens is 437 g/mol. The van der Waals surface area contributed by atoms with Crippen molar-refractivity contribution in [2.24, 2.45) is 11.8 Å². The first-order chi connectivity index (χ1) is 15.8. The smallest absolute Gasteiger partial charge is 0.373 e. The van der Waals surface area contributed by atoms with Crippen LogP contribution in [0.1, 0.15) is 63.5 Å². The third kappa shape index (κ3) is 4.75. The molecule has 3 aliphatic rings.